The number of halogens is 1. The molecule has 0 saturated carbocycles. The standard InChI is InChI=1S/C16H23BrN2O2/c1-2-9-19(11-12-5-7-18-8-6-12)16(21)14-4-3-13(17)10-15(14)20/h3-4,10,12,18,20H,2,5-9,11H2,1H3. The fourth-order valence-corrected chi connectivity index (χ4v) is 3.13. The second-order valence-corrected chi connectivity index (χ2v) is 6.52. The van der Waals surface area contributed by atoms with Crippen LogP contribution in [0.3, 0.4) is 0 Å². The number of hydrogen-bond acceptors (Lipinski definition) is 3. The van der Waals surface area contributed by atoms with Crippen LogP contribution in [0.25, 0.3) is 0 Å². The van der Waals surface area contributed by atoms with Gasteiger partial charge in [-0.2, -0.15) is 0 Å². The maximum Gasteiger partial charge on any atom is 0.257 e. The molecular formula is C16H23BrN2O2. The van der Waals surface area contributed by atoms with E-state index >= 15 is 0 Å². The van der Waals surface area contributed by atoms with Gasteiger partial charge in [-0.3, -0.25) is 4.79 Å². The molecule has 2 N–H and O–H groups in total. The third kappa shape index (κ3) is 4.45. The Morgan fingerprint density at radius 2 is 2.14 bits per heavy atom. The lowest BCUT2D eigenvalue weighted by Crippen LogP contribution is -2.39. The number of benzene rings is 1. The summed E-state index contributed by atoms with van der Waals surface area (Å²) in [6.07, 6.45) is 3.15. The van der Waals surface area contributed by atoms with Gasteiger partial charge >= 0.3 is 0 Å². The Hall–Kier alpha value is -1.07. The molecule has 2 rings (SSSR count). The number of piperidine rings is 1. The zero-order valence-corrected chi connectivity index (χ0v) is 14.0. The Kier molecular flexibility index (Phi) is 6.06. The molecule has 0 spiro atoms. The first-order valence-electron chi connectivity index (χ1n) is 7.60. The van der Waals surface area contributed by atoms with Crippen molar-refractivity contribution < 1.29 is 9.90 Å². The lowest BCUT2D eigenvalue weighted by atomic mass is 9.97. The highest BCUT2D eigenvalue weighted by Gasteiger charge is 2.23. The van der Waals surface area contributed by atoms with Gasteiger partial charge in [-0.1, -0.05) is 22.9 Å². The van der Waals surface area contributed by atoms with E-state index in [0.717, 1.165) is 49.9 Å². The summed E-state index contributed by atoms with van der Waals surface area (Å²) in [5, 5.41) is 13.3. The summed E-state index contributed by atoms with van der Waals surface area (Å²) in [5.74, 6) is 0.528. The summed E-state index contributed by atoms with van der Waals surface area (Å²) in [6.45, 7) is 5.65. The first-order valence-corrected chi connectivity index (χ1v) is 8.39. The van der Waals surface area contributed by atoms with Gasteiger partial charge in [-0.15, -0.1) is 0 Å². The van der Waals surface area contributed by atoms with Crippen molar-refractivity contribution in [3.05, 3.63) is 28.2 Å². The fraction of sp³-hybridized carbons (Fsp3) is 0.562. The number of amides is 1. The highest BCUT2D eigenvalue weighted by molar-refractivity contribution is 9.10. The van der Waals surface area contributed by atoms with E-state index in [1.54, 1.807) is 18.2 Å². The van der Waals surface area contributed by atoms with E-state index in [9.17, 15) is 9.90 Å². The molecule has 0 aliphatic carbocycles. The molecule has 116 valence electrons. The molecular weight excluding hydrogens is 332 g/mol. The smallest absolute Gasteiger partial charge is 0.257 e. The highest BCUT2D eigenvalue weighted by atomic mass is 79.9. The van der Waals surface area contributed by atoms with Gasteiger partial charge in [-0.05, 0) is 56.5 Å². The van der Waals surface area contributed by atoms with Crippen molar-refractivity contribution in [1.82, 2.24) is 10.2 Å². The first-order chi connectivity index (χ1) is 10.1. The number of phenols is 1. The normalized spacial score (nSPS) is 15.9. The molecule has 1 aromatic rings. The second kappa shape index (κ2) is 7.80. The monoisotopic (exact) mass is 354 g/mol. The number of hydrogen-bond donors (Lipinski definition) is 2. The van der Waals surface area contributed by atoms with Crippen LogP contribution in [0.1, 0.15) is 36.5 Å². The van der Waals surface area contributed by atoms with Crippen molar-refractivity contribution in [2.75, 3.05) is 26.2 Å². The average molecular weight is 355 g/mol. The number of phenolic OH excluding ortho intramolecular Hbond substituents is 1. The van der Waals surface area contributed by atoms with Crippen LogP contribution in [0, 0.1) is 5.92 Å². The minimum Gasteiger partial charge on any atom is -0.507 e. The molecule has 1 amide bonds. The third-order valence-corrected chi connectivity index (χ3v) is 4.40. The lowest BCUT2D eigenvalue weighted by Gasteiger charge is -2.30. The molecule has 21 heavy (non-hydrogen) atoms. The van der Waals surface area contributed by atoms with Gasteiger partial charge in [0.15, 0.2) is 0 Å². The second-order valence-electron chi connectivity index (χ2n) is 5.61. The summed E-state index contributed by atoms with van der Waals surface area (Å²) in [4.78, 5) is 14.6. The van der Waals surface area contributed by atoms with E-state index in [-0.39, 0.29) is 11.7 Å². The van der Waals surface area contributed by atoms with Crippen molar-refractivity contribution in [3.8, 4) is 5.75 Å². The summed E-state index contributed by atoms with van der Waals surface area (Å²) < 4.78 is 0.775. The first kappa shape index (κ1) is 16.3. The summed E-state index contributed by atoms with van der Waals surface area (Å²) in [5.41, 5.74) is 0.389. The zero-order valence-electron chi connectivity index (χ0n) is 12.4. The van der Waals surface area contributed by atoms with Gasteiger partial charge in [0.25, 0.3) is 5.91 Å². The van der Waals surface area contributed by atoms with Crippen LogP contribution in [0.5, 0.6) is 5.75 Å². The Balaban J connectivity index is 2.10. The minimum atomic E-state index is -0.0691. The molecule has 0 bridgehead atoms. The van der Waals surface area contributed by atoms with Crippen molar-refractivity contribution >= 4 is 21.8 Å². The van der Waals surface area contributed by atoms with Crippen molar-refractivity contribution in [1.29, 1.82) is 0 Å². The maximum absolute atomic E-state index is 12.7. The average Bonchev–Trinajstić information content (AvgIpc) is 2.47. The molecule has 0 atom stereocenters. The van der Waals surface area contributed by atoms with E-state index in [0.29, 0.717) is 11.5 Å². The number of nitrogens with one attached hydrogen (secondary N) is 1. The van der Waals surface area contributed by atoms with Crippen LogP contribution in [-0.4, -0.2) is 42.1 Å². The van der Waals surface area contributed by atoms with Crippen LogP contribution in [0.15, 0.2) is 22.7 Å². The Bertz CT molecular complexity index is 487. The molecule has 1 fully saturated rings. The largest absolute Gasteiger partial charge is 0.507 e. The Morgan fingerprint density at radius 3 is 2.76 bits per heavy atom. The van der Waals surface area contributed by atoms with E-state index in [2.05, 4.69) is 28.2 Å². The van der Waals surface area contributed by atoms with E-state index in [4.69, 9.17) is 0 Å². The summed E-state index contributed by atoms with van der Waals surface area (Å²) in [7, 11) is 0. The molecule has 1 aliphatic heterocycles. The molecule has 4 nitrogen and oxygen atoms in total. The molecule has 1 heterocycles. The predicted octanol–water partition coefficient (Wildman–Crippen LogP) is 3.01. The van der Waals surface area contributed by atoms with Crippen molar-refractivity contribution in [2.24, 2.45) is 5.92 Å². The molecule has 5 heteroatoms. The quantitative estimate of drug-likeness (QED) is 0.854. The molecule has 1 saturated heterocycles. The Labute approximate surface area is 134 Å². The third-order valence-electron chi connectivity index (χ3n) is 3.91. The molecule has 0 radical (unpaired) electrons. The van der Waals surface area contributed by atoms with Gasteiger partial charge in [-0.25, -0.2) is 0 Å². The molecule has 1 aliphatic rings. The van der Waals surface area contributed by atoms with Crippen LogP contribution in [-0.2, 0) is 0 Å². The van der Waals surface area contributed by atoms with Crippen LogP contribution < -0.4 is 5.32 Å². The number of nitrogens with zero attached hydrogens (tertiary/aromatic N) is 1. The minimum absolute atomic E-state index is 0.0424. The van der Waals surface area contributed by atoms with Gasteiger partial charge in [0.2, 0.25) is 0 Å². The zero-order chi connectivity index (χ0) is 15.2. The van der Waals surface area contributed by atoms with Crippen LogP contribution in [0.4, 0.5) is 0 Å². The number of carbonyl (C=O) groups is 1. The number of aromatic hydroxyl groups is 1. The summed E-state index contributed by atoms with van der Waals surface area (Å²) in [6, 6.07) is 5.05. The van der Waals surface area contributed by atoms with Crippen molar-refractivity contribution in [2.45, 2.75) is 26.2 Å². The van der Waals surface area contributed by atoms with Crippen LogP contribution >= 0.6 is 15.9 Å². The predicted molar refractivity (Wildman–Crippen MR) is 87.6 cm³/mol. The van der Waals surface area contributed by atoms with E-state index in [1.807, 2.05) is 4.90 Å². The Morgan fingerprint density at radius 1 is 1.43 bits per heavy atom. The van der Waals surface area contributed by atoms with Gasteiger partial charge in [0.05, 0.1) is 5.56 Å². The van der Waals surface area contributed by atoms with E-state index in [1.165, 1.54) is 0 Å². The van der Waals surface area contributed by atoms with Crippen LogP contribution in [0.2, 0.25) is 0 Å². The van der Waals surface area contributed by atoms with Crippen molar-refractivity contribution in [3.63, 3.8) is 0 Å². The van der Waals surface area contributed by atoms with E-state index < -0.39 is 0 Å². The summed E-state index contributed by atoms with van der Waals surface area (Å²) >= 11 is 3.30. The lowest BCUT2D eigenvalue weighted by molar-refractivity contribution is 0.0713. The molecule has 0 aromatic heterocycles. The SMILES string of the molecule is CCCN(CC1CCNCC1)C(=O)c1ccc(Br)cc1O. The fourth-order valence-electron chi connectivity index (χ4n) is 2.78. The number of rotatable bonds is 5. The van der Waals surface area contributed by atoms with Gasteiger partial charge < -0.3 is 15.3 Å². The molecule has 0 unspecified atom stereocenters. The van der Waals surface area contributed by atoms with Gasteiger partial charge in [0.1, 0.15) is 5.75 Å². The van der Waals surface area contributed by atoms with Gasteiger partial charge in [0, 0.05) is 17.6 Å². The highest BCUT2D eigenvalue weighted by Crippen LogP contribution is 2.24. The number of carbonyl (C=O) groups excluding carboxylic acids is 1. The maximum atomic E-state index is 12.7. The molecule has 1 aromatic carbocycles. The topological polar surface area (TPSA) is 52.6 Å².